The predicted octanol–water partition coefficient (Wildman–Crippen LogP) is 5.32. The van der Waals surface area contributed by atoms with Crippen LogP contribution in [0.5, 0.6) is 0 Å². The largest absolute Gasteiger partial charge is 0.323 e. The lowest BCUT2D eigenvalue weighted by atomic mass is 10.2. The third kappa shape index (κ3) is 6.40. The lowest BCUT2D eigenvalue weighted by Crippen LogP contribution is -2.30. The van der Waals surface area contributed by atoms with Gasteiger partial charge in [0, 0.05) is 34.5 Å². The number of nitrogens with one attached hydrogen (secondary N) is 2. The van der Waals surface area contributed by atoms with Gasteiger partial charge < -0.3 is 5.32 Å². The van der Waals surface area contributed by atoms with Crippen LogP contribution in [0, 0.1) is 0 Å². The molecule has 8 heteroatoms. The number of carbonyl (C=O) groups excluding carboxylic acids is 1. The predicted molar refractivity (Wildman–Crippen MR) is 135 cm³/mol. The van der Waals surface area contributed by atoms with E-state index in [9.17, 15) is 13.2 Å². The van der Waals surface area contributed by atoms with E-state index in [1.165, 1.54) is 18.2 Å². The molecule has 33 heavy (non-hydrogen) atoms. The second-order valence-corrected chi connectivity index (χ2v) is 10.5. The van der Waals surface area contributed by atoms with E-state index in [4.69, 9.17) is 0 Å². The van der Waals surface area contributed by atoms with Crippen molar-refractivity contribution in [3.63, 3.8) is 0 Å². The van der Waals surface area contributed by atoms with E-state index in [2.05, 4.69) is 27.2 Å². The van der Waals surface area contributed by atoms with Gasteiger partial charge in [-0.25, -0.2) is 8.42 Å². The summed E-state index contributed by atoms with van der Waals surface area (Å²) < 4.78 is 27.8. The van der Waals surface area contributed by atoms with Crippen LogP contribution in [0.25, 0.3) is 16.5 Å². The van der Waals surface area contributed by atoms with E-state index < -0.39 is 10.0 Å². The maximum atomic E-state index is 12.6. The first-order valence-electron chi connectivity index (χ1n) is 10.8. The minimum Gasteiger partial charge on any atom is -0.323 e. The first-order chi connectivity index (χ1) is 16.0. The van der Waals surface area contributed by atoms with Crippen molar-refractivity contribution in [3.8, 4) is 10.4 Å². The monoisotopic (exact) mass is 479 g/mol. The second kappa shape index (κ2) is 10.6. The molecule has 0 aliphatic carbocycles. The van der Waals surface area contributed by atoms with Crippen LogP contribution in [0.3, 0.4) is 0 Å². The van der Waals surface area contributed by atoms with Gasteiger partial charge in [-0.1, -0.05) is 36.8 Å². The first kappa shape index (κ1) is 22.9. The number of amidine groups is 1. The van der Waals surface area contributed by atoms with Gasteiger partial charge in [-0.05, 0) is 60.9 Å². The number of rotatable bonds is 6. The topological polar surface area (TPSA) is 87.6 Å². The molecule has 0 unspecified atom stereocenters. The molecule has 0 spiro atoms. The minimum atomic E-state index is -3.69. The molecule has 0 bridgehead atoms. The van der Waals surface area contributed by atoms with E-state index in [1.54, 1.807) is 29.5 Å². The van der Waals surface area contributed by atoms with Gasteiger partial charge in [0.1, 0.15) is 5.84 Å². The molecule has 0 saturated heterocycles. The van der Waals surface area contributed by atoms with Gasteiger partial charge in [-0.3, -0.25) is 14.5 Å². The van der Waals surface area contributed by atoms with Crippen molar-refractivity contribution in [3.05, 3.63) is 77.7 Å². The fourth-order valence-corrected chi connectivity index (χ4v) is 5.44. The van der Waals surface area contributed by atoms with Crippen molar-refractivity contribution in [1.82, 2.24) is 4.72 Å². The average Bonchev–Trinajstić information content (AvgIpc) is 3.16. The number of thiophene rings is 1. The van der Waals surface area contributed by atoms with Crippen LogP contribution in [-0.2, 0) is 14.8 Å². The zero-order chi connectivity index (χ0) is 23.1. The number of sulfonamides is 1. The van der Waals surface area contributed by atoms with Crippen LogP contribution in [0.2, 0.25) is 0 Å². The molecular weight excluding hydrogens is 454 g/mol. The number of carbonyl (C=O) groups is 1. The van der Waals surface area contributed by atoms with Crippen LogP contribution in [0.4, 0.5) is 5.69 Å². The summed E-state index contributed by atoms with van der Waals surface area (Å²) in [5, 5.41) is 2.76. The van der Waals surface area contributed by atoms with Gasteiger partial charge in [0.2, 0.25) is 5.91 Å². The number of hydrogen-bond acceptors (Lipinski definition) is 5. The molecule has 2 aromatic carbocycles. The highest BCUT2D eigenvalue weighted by Crippen LogP contribution is 2.28. The molecule has 2 N–H and O–H groups in total. The van der Waals surface area contributed by atoms with Gasteiger partial charge in [-0.2, -0.15) is 0 Å². The minimum absolute atomic E-state index is 0.134. The molecule has 170 valence electrons. The van der Waals surface area contributed by atoms with E-state index in [0.29, 0.717) is 24.5 Å². The van der Waals surface area contributed by atoms with Crippen LogP contribution in [0.15, 0.2) is 82.7 Å². The average molecular weight is 480 g/mol. The number of anilines is 1. The van der Waals surface area contributed by atoms with Crippen molar-refractivity contribution < 1.29 is 13.2 Å². The fourth-order valence-electron chi connectivity index (χ4n) is 3.43. The normalized spacial score (nSPS) is 14.5. The Balaban J connectivity index is 1.35. The molecular formula is C25H25N3O3S2. The number of hydrogen-bond donors (Lipinski definition) is 2. The van der Waals surface area contributed by atoms with Crippen LogP contribution < -0.4 is 10.0 Å². The third-order valence-electron chi connectivity index (χ3n) is 5.14. The lowest BCUT2D eigenvalue weighted by molar-refractivity contribution is -0.111. The molecule has 1 aromatic heterocycles. The standard InChI is InChI=1S/C25H25N3O3S2/c29-25(17-13-21-12-16-23(32-21)19-7-3-1-4-8-19)27-20-10-14-22(15-11-20)33(30,31)28-24-9-5-2-6-18-26-24/h1,3-4,7-8,10-17H,2,5-6,9,18H2,(H,26,28)(H,27,29)/b17-13+. The van der Waals surface area contributed by atoms with Gasteiger partial charge in [0.25, 0.3) is 10.0 Å². The van der Waals surface area contributed by atoms with Crippen molar-refractivity contribution in [1.29, 1.82) is 0 Å². The van der Waals surface area contributed by atoms with Gasteiger partial charge in [0.15, 0.2) is 0 Å². The summed E-state index contributed by atoms with van der Waals surface area (Å²) in [7, 11) is -3.69. The summed E-state index contributed by atoms with van der Waals surface area (Å²) in [4.78, 5) is 18.9. The quantitative estimate of drug-likeness (QED) is 0.469. The summed E-state index contributed by atoms with van der Waals surface area (Å²) in [6.07, 6.45) is 6.84. The molecule has 0 radical (unpaired) electrons. The van der Waals surface area contributed by atoms with Gasteiger partial charge >= 0.3 is 0 Å². The highest BCUT2D eigenvalue weighted by molar-refractivity contribution is 7.90. The van der Waals surface area contributed by atoms with Crippen molar-refractivity contribution in [2.75, 3.05) is 11.9 Å². The molecule has 1 aliphatic rings. The second-order valence-electron chi connectivity index (χ2n) is 7.66. The molecule has 0 saturated carbocycles. The number of benzene rings is 2. The van der Waals surface area contributed by atoms with Crippen molar-refractivity contribution >= 4 is 44.9 Å². The molecule has 0 atom stereocenters. The van der Waals surface area contributed by atoms with Crippen LogP contribution >= 0.6 is 11.3 Å². The zero-order valence-corrected chi connectivity index (χ0v) is 19.7. The molecule has 1 amide bonds. The highest BCUT2D eigenvalue weighted by atomic mass is 32.2. The summed E-state index contributed by atoms with van der Waals surface area (Å²) >= 11 is 1.60. The Morgan fingerprint density at radius 1 is 0.939 bits per heavy atom. The summed E-state index contributed by atoms with van der Waals surface area (Å²) in [5.74, 6) is 0.227. The lowest BCUT2D eigenvalue weighted by Gasteiger charge is -2.10. The van der Waals surface area contributed by atoms with E-state index in [-0.39, 0.29) is 10.8 Å². The Morgan fingerprint density at radius 3 is 2.52 bits per heavy atom. The van der Waals surface area contributed by atoms with Gasteiger partial charge in [-0.15, -0.1) is 11.3 Å². The molecule has 6 nitrogen and oxygen atoms in total. The summed E-state index contributed by atoms with van der Waals surface area (Å²) in [6, 6.07) is 20.2. The first-order valence-corrected chi connectivity index (χ1v) is 13.1. The number of amides is 1. The molecule has 2 heterocycles. The smallest absolute Gasteiger partial charge is 0.262 e. The summed E-state index contributed by atoms with van der Waals surface area (Å²) in [5.41, 5.74) is 1.66. The Bertz CT molecular complexity index is 1260. The molecule has 4 rings (SSSR count). The number of nitrogens with zero attached hydrogens (tertiary/aromatic N) is 1. The van der Waals surface area contributed by atoms with E-state index in [1.807, 2.05) is 30.3 Å². The van der Waals surface area contributed by atoms with Crippen LogP contribution in [0.1, 0.15) is 30.6 Å². The Morgan fingerprint density at radius 2 is 1.73 bits per heavy atom. The van der Waals surface area contributed by atoms with Crippen LogP contribution in [-0.4, -0.2) is 26.7 Å². The molecule has 3 aromatic rings. The maximum Gasteiger partial charge on any atom is 0.262 e. The van der Waals surface area contributed by atoms with Crippen molar-refractivity contribution in [2.24, 2.45) is 4.99 Å². The van der Waals surface area contributed by atoms with E-state index >= 15 is 0 Å². The Labute approximate surface area is 198 Å². The maximum absolute atomic E-state index is 12.6. The van der Waals surface area contributed by atoms with Crippen molar-refractivity contribution in [2.45, 2.75) is 30.6 Å². The SMILES string of the molecule is O=C(/C=C/c1ccc(-c2ccccc2)s1)Nc1ccc(S(=O)(=O)NC2=NCCCCC2)cc1. The molecule has 0 fully saturated rings. The third-order valence-corrected chi connectivity index (χ3v) is 7.64. The zero-order valence-electron chi connectivity index (χ0n) is 18.0. The molecule has 1 aliphatic heterocycles. The Hall–Kier alpha value is -3.23. The number of aliphatic imine (C=N–C) groups is 1. The fraction of sp³-hybridized carbons (Fsp3) is 0.200. The Kier molecular flexibility index (Phi) is 7.36. The van der Waals surface area contributed by atoms with E-state index in [0.717, 1.165) is 34.6 Å². The summed E-state index contributed by atoms with van der Waals surface area (Å²) in [6.45, 7) is 0.648. The highest BCUT2D eigenvalue weighted by Gasteiger charge is 2.17. The van der Waals surface area contributed by atoms with Gasteiger partial charge in [0.05, 0.1) is 4.90 Å².